The van der Waals surface area contributed by atoms with Gasteiger partial charge in [-0.1, -0.05) is 0 Å². The van der Waals surface area contributed by atoms with Crippen LogP contribution < -0.4 is 4.72 Å². The molecule has 0 radical (unpaired) electrons. The summed E-state index contributed by atoms with van der Waals surface area (Å²) in [5.41, 5.74) is -1.43. The van der Waals surface area contributed by atoms with Crippen molar-refractivity contribution in [2.45, 2.75) is 4.90 Å². The highest BCUT2D eigenvalue weighted by Gasteiger charge is 2.24. The van der Waals surface area contributed by atoms with Gasteiger partial charge in [0.2, 0.25) is 0 Å². The molecule has 0 atom stereocenters. The van der Waals surface area contributed by atoms with E-state index in [-0.39, 0.29) is 6.07 Å². The number of benzene rings is 1. The van der Waals surface area contributed by atoms with Crippen molar-refractivity contribution in [3.63, 3.8) is 0 Å². The van der Waals surface area contributed by atoms with Crippen LogP contribution >= 0.6 is 0 Å². The van der Waals surface area contributed by atoms with Gasteiger partial charge in [0.1, 0.15) is 10.6 Å². The number of aromatic amines is 1. The second kappa shape index (κ2) is 4.53. The third-order valence-electron chi connectivity index (χ3n) is 2.13. The summed E-state index contributed by atoms with van der Waals surface area (Å²) in [4.78, 5) is -0.448. The maximum Gasteiger partial charge on any atom is 0.265 e. The first kappa shape index (κ1) is 13.3. The molecule has 0 aliphatic carbocycles. The molecule has 0 saturated heterocycles. The third-order valence-corrected chi connectivity index (χ3v) is 3.45. The molecular weight excluding hydrogens is 290 g/mol. The van der Waals surface area contributed by atoms with E-state index >= 15 is 0 Å². The van der Waals surface area contributed by atoms with E-state index < -0.39 is 43.9 Å². The number of hydrogen-bond donors (Lipinski definition) is 2. The Kier molecular flexibility index (Phi) is 3.18. The second-order valence-electron chi connectivity index (χ2n) is 3.38. The number of nitrogens with one attached hydrogen (secondary N) is 2. The zero-order chi connectivity index (χ0) is 14.2. The van der Waals surface area contributed by atoms with Crippen LogP contribution in [-0.4, -0.2) is 18.6 Å². The Morgan fingerprint density at radius 2 is 1.68 bits per heavy atom. The van der Waals surface area contributed by atoms with Gasteiger partial charge in [0.15, 0.2) is 23.3 Å². The number of sulfonamides is 1. The Hall–Kier alpha value is -2.10. The standard InChI is InChI=1S/C9H5F4N3O2S/c10-5-1-6(11)8(13)9(7(5)12)16-19(17,18)4-2-14-15-3-4/h1-3,16H,(H,14,15). The number of hydrogen-bond acceptors (Lipinski definition) is 3. The van der Waals surface area contributed by atoms with E-state index in [4.69, 9.17) is 0 Å². The van der Waals surface area contributed by atoms with E-state index in [2.05, 4.69) is 10.2 Å². The van der Waals surface area contributed by atoms with Crippen molar-refractivity contribution in [1.82, 2.24) is 10.2 Å². The van der Waals surface area contributed by atoms with Crippen molar-refractivity contribution in [3.05, 3.63) is 41.7 Å². The Balaban J connectivity index is 2.51. The number of aromatic nitrogens is 2. The molecule has 0 spiro atoms. The average Bonchev–Trinajstić information content (AvgIpc) is 2.87. The molecule has 0 fully saturated rings. The zero-order valence-electron chi connectivity index (χ0n) is 8.92. The third kappa shape index (κ3) is 2.38. The maximum absolute atomic E-state index is 13.3. The Labute approximate surface area is 104 Å². The van der Waals surface area contributed by atoms with Crippen molar-refractivity contribution >= 4 is 15.7 Å². The Bertz CT molecular complexity index is 689. The quantitative estimate of drug-likeness (QED) is 0.669. The summed E-state index contributed by atoms with van der Waals surface area (Å²) in [6.07, 6.45) is 1.78. The van der Waals surface area contributed by atoms with Gasteiger partial charge in [0.05, 0.1) is 6.20 Å². The minimum atomic E-state index is -4.41. The monoisotopic (exact) mass is 295 g/mol. The van der Waals surface area contributed by atoms with Crippen LogP contribution in [0.1, 0.15) is 0 Å². The van der Waals surface area contributed by atoms with E-state index in [1.54, 1.807) is 0 Å². The molecule has 0 aliphatic heterocycles. The molecule has 1 heterocycles. The van der Waals surface area contributed by atoms with Crippen molar-refractivity contribution in [1.29, 1.82) is 0 Å². The first-order valence-corrected chi connectivity index (χ1v) is 6.16. The first-order chi connectivity index (χ1) is 8.83. The predicted octanol–water partition coefficient (Wildman–Crippen LogP) is 1.77. The number of rotatable bonds is 3. The normalized spacial score (nSPS) is 11.6. The van der Waals surface area contributed by atoms with E-state index in [1.807, 2.05) is 0 Å². The highest BCUT2D eigenvalue weighted by molar-refractivity contribution is 7.92. The van der Waals surface area contributed by atoms with Gasteiger partial charge in [-0.05, 0) is 0 Å². The van der Waals surface area contributed by atoms with Gasteiger partial charge >= 0.3 is 0 Å². The molecule has 102 valence electrons. The van der Waals surface area contributed by atoms with Gasteiger partial charge < -0.3 is 0 Å². The molecular formula is C9H5F4N3O2S. The molecule has 2 N–H and O–H groups in total. The molecule has 1 aromatic carbocycles. The van der Waals surface area contributed by atoms with Crippen molar-refractivity contribution in [3.8, 4) is 0 Å². The fourth-order valence-corrected chi connectivity index (χ4v) is 2.21. The lowest BCUT2D eigenvalue weighted by Gasteiger charge is -2.09. The molecule has 0 bridgehead atoms. The predicted molar refractivity (Wildman–Crippen MR) is 55.7 cm³/mol. The highest BCUT2D eigenvalue weighted by atomic mass is 32.2. The van der Waals surface area contributed by atoms with E-state index in [9.17, 15) is 26.0 Å². The number of nitrogens with zero attached hydrogens (tertiary/aromatic N) is 1. The molecule has 2 aromatic rings. The number of H-pyrrole nitrogens is 1. The largest absolute Gasteiger partial charge is 0.284 e. The van der Waals surface area contributed by atoms with Gasteiger partial charge in [-0.15, -0.1) is 0 Å². The summed E-state index contributed by atoms with van der Waals surface area (Å²) in [5, 5.41) is 5.50. The fraction of sp³-hybridized carbons (Fsp3) is 0. The highest BCUT2D eigenvalue weighted by Crippen LogP contribution is 2.26. The van der Waals surface area contributed by atoms with E-state index in [0.29, 0.717) is 0 Å². The zero-order valence-corrected chi connectivity index (χ0v) is 9.73. The Morgan fingerprint density at radius 1 is 1.11 bits per heavy atom. The SMILES string of the molecule is O=S(=O)(Nc1c(F)c(F)cc(F)c1F)c1cn[nH]c1. The summed E-state index contributed by atoms with van der Waals surface area (Å²) in [5.74, 6) is -7.12. The minimum absolute atomic E-state index is 0.0275. The average molecular weight is 295 g/mol. The van der Waals surface area contributed by atoms with Gasteiger partial charge in [-0.25, -0.2) is 26.0 Å². The maximum atomic E-state index is 13.3. The minimum Gasteiger partial charge on any atom is -0.284 e. The van der Waals surface area contributed by atoms with Crippen LogP contribution in [0, 0.1) is 23.3 Å². The molecule has 19 heavy (non-hydrogen) atoms. The fourth-order valence-electron chi connectivity index (χ4n) is 1.24. The van der Waals surface area contributed by atoms with Gasteiger partial charge in [0, 0.05) is 12.3 Å². The molecule has 0 saturated carbocycles. The van der Waals surface area contributed by atoms with Gasteiger partial charge in [-0.2, -0.15) is 5.10 Å². The Morgan fingerprint density at radius 3 is 2.16 bits per heavy atom. The smallest absolute Gasteiger partial charge is 0.265 e. The van der Waals surface area contributed by atoms with Crippen LogP contribution in [-0.2, 0) is 10.0 Å². The first-order valence-electron chi connectivity index (χ1n) is 4.67. The molecule has 0 aliphatic rings. The summed E-state index contributed by atoms with van der Waals surface area (Å²) in [6.45, 7) is 0. The van der Waals surface area contributed by atoms with Gasteiger partial charge in [-0.3, -0.25) is 9.82 Å². The molecule has 5 nitrogen and oxygen atoms in total. The molecule has 2 rings (SSSR count). The van der Waals surface area contributed by atoms with Crippen molar-refractivity contribution < 1.29 is 26.0 Å². The lowest BCUT2D eigenvalue weighted by molar-refractivity contribution is 0.459. The van der Waals surface area contributed by atoms with Crippen LogP contribution in [0.25, 0.3) is 0 Å². The molecule has 0 amide bonds. The van der Waals surface area contributed by atoms with Crippen LogP contribution in [0.4, 0.5) is 23.2 Å². The summed E-state index contributed by atoms with van der Waals surface area (Å²) >= 11 is 0. The van der Waals surface area contributed by atoms with Crippen LogP contribution in [0.3, 0.4) is 0 Å². The van der Waals surface area contributed by atoms with E-state index in [0.717, 1.165) is 12.4 Å². The summed E-state index contributed by atoms with van der Waals surface area (Å²) < 4.78 is 77.1. The number of anilines is 1. The molecule has 10 heteroatoms. The number of halogens is 4. The lowest BCUT2D eigenvalue weighted by atomic mass is 10.3. The lowest BCUT2D eigenvalue weighted by Crippen LogP contribution is -2.16. The topological polar surface area (TPSA) is 74.8 Å². The molecule has 0 unspecified atom stereocenters. The second-order valence-corrected chi connectivity index (χ2v) is 5.07. The van der Waals surface area contributed by atoms with E-state index in [1.165, 1.54) is 4.72 Å². The summed E-state index contributed by atoms with van der Waals surface area (Å²) in [6, 6.07) is -0.0275. The van der Waals surface area contributed by atoms with Crippen LogP contribution in [0.2, 0.25) is 0 Å². The van der Waals surface area contributed by atoms with Crippen LogP contribution in [0.5, 0.6) is 0 Å². The van der Waals surface area contributed by atoms with Crippen molar-refractivity contribution in [2.24, 2.45) is 0 Å². The van der Waals surface area contributed by atoms with Crippen LogP contribution in [0.15, 0.2) is 23.4 Å². The summed E-state index contributed by atoms with van der Waals surface area (Å²) in [7, 11) is -4.41. The molecule has 1 aromatic heterocycles. The van der Waals surface area contributed by atoms with Gasteiger partial charge in [0.25, 0.3) is 10.0 Å². The van der Waals surface area contributed by atoms with Crippen molar-refractivity contribution in [2.75, 3.05) is 4.72 Å².